The first kappa shape index (κ1) is 11.9. The zero-order valence-corrected chi connectivity index (χ0v) is 10.5. The molecule has 17 heavy (non-hydrogen) atoms. The van der Waals surface area contributed by atoms with Crippen molar-refractivity contribution in [3.63, 3.8) is 0 Å². The summed E-state index contributed by atoms with van der Waals surface area (Å²) in [5, 5.41) is 4.29. The highest BCUT2D eigenvalue weighted by atomic mass is 35.5. The maximum Gasteiger partial charge on any atom is 0.219 e. The van der Waals surface area contributed by atoms with Crippen molar-refractivity contribution in [1.82, 2.24) is 19.3 Å². The number of nitrogens with two attached hydrogens (primary N) is 1. The summed E-state index contributed by atoms with van der Waals surface area (Å²) >= 11 is 5.85. The summed E-state index contributed by atoms with van der Waals surface area (Å²) in [5.41, 5.74) is 7.71. The van der Waals surface area contributed by atoms with Crippen LogP contribution in [0.15, 0.2) is 0 Å². The molecule has 1 amide bonds. The Hall–Kier alpha value is -1.56. The Morgan fingerprint density at radius 2 is 2.24 bits per heavy atom. The first-order valence-electron chi connectivity index (χ1n) is 5.27. The minimum atomic E-state index is -0.341. The van der Waals surface area contributed by atoms with Gasteiger partial charge in [-0.1, -0.05) is 0 Å². The van der Waals surface area contributed by atoms with Gasteiger partial charge in [0, 0.05) is 20.0 Å². The number of carbonyl (C=O) groups excluding carboxylic acids is 1. The normalized spacial score (nSPS) is 11.2. The molecule has 0 atom stereocenters. The predicted molar refractivity (Wildman–Crippen MR) is 64.6 cm³/mol. The monoisotopic (exact) mass is 255 g/mol. The van der Waals surface area contributed by atoms with Crippen LogP contribution < -0.4 is 5.73 Å². The number of primary amides is 1. The Kier molecular flexibility index (Phi) is 3.06. The van der Waals surface area contributed by atoms with Gasteiger partial charge in [-0.3, -0.25) is 9.48 Å². The molecule has 0 aliphatic rings. The van der Waals surface area contributed by atoms with Crippen molar-refractivity contribution in [2.24, 2.45) is 12.8 Å². The van der Waals surface area contributed by atoms with Gasteiger partial charge >= 0.3 is 0 Å². The Balaban J connectivity index is 2.53. The second-order valence-corrected chi connectivity index (χ2v) is 4.18. The van der Waals surface area contributed by atoms with E-state index in [1.165, 1.54) is 0 Å². The molecule has 0 aliphatic heterocycles. The molecule has 2 rings (SSSR count). The van der Waals surface area contributed by atoms with Gasteiger partial charge in [0.2, 0.25) is 5.91 Å². The van der Waals surface area contributed by atoms with Gasteiger partial charge in [-0.15, -0.1) is 11.6 Å². The summed E-state index contributed by atoms with van der Waals surface area (Å²) in [6.07, 6.45) is 0.263. The molecule has 0 saturated carbocycles. The lowest BCUT2D eigenvalue weighted by Crippen LogP contribution is -2.15. The fourth-order valence-electron chi connectivity index (χ4n) is 1.94. The maximum atomic E-state index is 10.9. The van der Waals surface area contributed by atoms with Gasteiger partial charge in [-0.25, -0.2) is 4.98 Å². The largest absolute Gasteiger partial charge is 0.370 e. The van der Waals surface area contributed by atoms with Crippen molar-refractivity contribution in [3.8, 4) is 0 Å². The predicted octanol–water partition coefficient (Wildman–Crippen LogP) is 0.692. The molecular formula is C10H14ClN5O. The third-order valence-electron chi connectivity index (χ3n) is 2.67. The van der Waals surface area contributed by atoms with Crippen LogP contribution in [0.1, 0.15) is 17.9 Å². The van der Waals surface area contributed by atoms with Gasteiger partial charge in [0.1, 0.15) is 11.3 Å². The van der Waals surface area contributed by atoms with E-state index in [4.69, 9.17) is 17.3 Å². The van der Waals surface area contributed by atoms with Crippen LogP contribution in [0.25, 0.3) is 11.2 Å². The Bertz CT molecular complexity index is 571. The van der Waals surface area contributed by atoms with Gasteiger partial charge in [-0.05, 0) is 6.92 Å². The SMILES string of the molecule is Cc1nn(C)c2c1nc(CCl)n2CCC(N)=O. The van der Waals surface area contributed by atoms with E-state index in [9.17, 15) is 4.79 Å². The first-order valence-corrected chi connectivity index (χ1v) is 5.81. The summed E-state index contributed by atoms with van der Waals surface area (Å²) in [6.45, 7) is 2.37. The minimum absolute atomic E-state index is 0.263. The highest BCUT2D eigenvalue weighted by Gasteiger charge is 2.16. The van der Waals surface area contributed by atoms with Crippen LogP contribution in [0.5, 0.6) is 0 Å². The van der Waals surface area contributed by atoms with Crippen molar-refractivity contribution in [2.75, 3.05) is 0 Å². The summed E-state index contributed by atoms with van der Waals surface area (Å²) in [7, 11) is 1.84. The third-order valence-corrected chi connectivity index (χ3v) is 2.91. The molecule has 92 valence electrons. The molecule has 0 aromatic carbocycles. The molecule has 2 aromatic heterocycles. The molecule has 2 N–H and O–H groups in total. The molecule has 6 nitrogen and oxygen atoms in total. The molecule has 0 unspecified atom stereocenters. The van der Waals surface area contributed by atoms with Crippen molar-refractivity contribution >= 4 is 28.7 Å². The van der Waals surface area contributed by atoms with Crippen molar-refractivity contribution < 1.29 is 4.79 Å². The smallest absolute Gasteiger partial charge is 0.219 e. The van der Waals surface area contributed by atoms with Crippen molar-refractivity contribution in [1.29, 1.82) is 0 Å². The topological polar surface area (TPSA) is 78.7 Å². The average Bonchev–Trinajstić information content (AvgIpc) is 2.75. The van der Waals surface area contributed by atoms with Crippen LogP contribution in [0.4, 0.5) is 0 Å². The van der Waals surface area contributed by atoms with E-state index in [-0.39, 0.29) is 12.3 Å². The van der Waals surface area contributed by atoms with Crippen LogP contribution >= 0.6 is 11.6 Å². The molecule has 7 heteroatoms. The molecule has 0 aliphatic carbocycles. The number of alkyl halides is 1. The highest BCUT2D eigenvalue weighted by Crippen LogP contribution is 2.20. The number of rotatable bonds is 4. The Morgan fingerprint density at radius 3 is 2.82 bits per heavy atom. The summed E-state index contributed by atoms with van der Waals surface area (Å²) in [4.78, 5) is 15.3. The summed E-state index contributed by atoms with van der Waals surface area (Å²) in [5.74, 6) is 0.692. The molecule has 0 spiro atoms. The number of hydrogen-bond acceptors (Lipinski definition) is 3. The molecule has 0 bridgehead atoms. The van der Waals surface area contributed by atoms with Gasteiger partial charge in [-0.2, -0.15) is 5.10 Å². The van der Waals surface area contributed by atoms with Crippen LogP contribution in [0.3, 0.4) is 0 Å². The Labute approximate surface area is 103 Å². The van der Waals surface area contributed by atoms with E-state index in [0.29, 0.717) is 12.4 Å². The molecule has 2 aromatic rings. The Morgan fingerprint density at radius 1 is 1.53 bits per heavy atom. The molecule has 0 fully saturated rings. The average molecular weight is 256 g/mol. The fraction of sp³-hybridized carbons (Fsp3) is 0.500. The second kappa shape index (κ2) is 4.37. The minimum Gasteiger partial charge on any atom is -0.370 e. The van der Waals surface area contributed by atoms with Crippen LogP contribution in [-0.4, -0.2) is 25.2 Å². The second-order valence-electron chi connectivity index (χ2n) is 3.91. The molecule has 0 radical (unpaired) electrons. The lowest BCUT2D eigenvalue weighted by molar-refractivity contribution is -0.118. The number of hydrogen-bond donors (Lipinski definition) is 1. The van der Waals surface area contributed by atoms with E-state index in [0.717, 1.165) is 22.7 Å². The lowest BCUT2D eigenvalue weighted by atomic mass is 10.4. The van der Waals surface area contributed by atoms with Crippen LogP contribution in [-0.2, 0) is 24.3 Å². The molecule has 0 saturated heterocycles. The van der Waals surface area contributed by atoms with Gasteiger partial charge in [0.25, 0.3) is 0 Å². The van der Waals surface area contributed by atoms with E-state index in [1.807, 2.05) is 18.5 Å². The number of aromatic nitrogens is 4. The van der Waals surface area contributed by atoms with Crippen LogP contribution in [0, 0.1) is 6.92 Å². The van der Waals surface area contributed by atoms with Crippen molar-refractivity contribution in [3.05, 3.63) is 11.5 Å². The number of aryl methyl sites for hydroxylation is 3. The number of halogens is 1. The van der Waals surface area contributed by atoms with Gasteiger partial charge < -0.3 is 10.3 Å². The third kappa shape index (κ3) is 2.00. The summed E-state index contributed by atoms with van der Waals surface area (Å²) < 4.78 is 3.64. The number of nitrogens with zero attached hydrogens (tertiary/aromatic N) is 4. The van der Waals surface area contributed by atoms with E-state index < -0.39 is 0 Å². The standard InChI is InChI=1S/C10H14ClN5O/c1-6-9-10(15(2)14-6)16(4-3-7(12)17)8(5-11)13-9/h3-5H2,1-2H3,(H2,12,17). The zero-order chi connectivity index (χ0) is 12.6. The van der Waals surface area contributed by atoms with Gasteiger partial charge in [0.05, 0.1) is 11.6 Å². The number of carbonyl (C=O) groups is 1. The lowest BCUT2D eigenvalue weighted by Gasteiger charge is -2.06. The van der Waals surface area contributed by atoms with E-state index in [1.54, 1.807) is 4.68 Å². The fourth-order valence-corrected chi connectivity index (χ4v) is 2.14. The first-order chi connectivity index (χ1) is 8.04. The highest BCUT2D eigenvalue weighted by molar-refractivity contribution is 6.16. The van der Waals surface area contributed by atoms with E-state index in [2.05, 4.69) is 10.1 Å². The quantitative estimate of drug-likeness (QED) is 0.817. The van der Waals surface area contributed by atoms with Gasteiger partial charge in [0.15, 0.2) is 5.65 Å². The number of amides is 1. The molecule has 2 heterocycles. The van der Waals surface area contributed by atoms with E-state index >= 15 is 0 Å². The number of imidazole rings is 1. The maximum absolute atomic E-state index is 10.9. The number of fused-ring (bicyclic) bond motifs is 1. The summed E-state index contributed by atoms with van der Waals surface area (Å²) in [6, 6.07) is 0. The van der Waals surface area contributed by atoms with Crippen LogP contribution in [0.2, 0.25) is 0 Å². The van der Waals surface area contributed by atoms with Crippen molar-refractivity contribution in [2.45, 2.75) is 25.8 Å². The zero-order valence-electron chi connectivity index (χ0n) is 9.77. The molecular weight excluding hydrogens is 242 g/mol.